The van der Waals surface area contributed by atoms with Crippen LogP contribution in [0.1, 0.15) is 12.8 Å². The van der Waals surface area contributed by atoms with Crippen molar-refractivity contribution in [2.75, 3.05) is 13.2 Å². The van der Waals surface area contributed by atoms with E-state index in [0.717, 1.165) is 18.2 Å². The summed E-state index contributed by atoms with van der Waals surface area (Å²) < 4.78 is 4.94. The van der Waals surface area contributed by atoms with Gasteiger partial charge in [0.25, 0.3) is 0 Å². The molecule has 3 heteroatoms. The summed E-state index contributed by atoms with van der Waals surface area (Å²) in [5.74, 6) is 0. The quantitative estimate of drug-likeness (QED) is 0.267. The van der Waals surface area contributed by atoms with Gasteiger partial charge < -0.3 is 4.74 Å². The van der Waals surface area contributed by atoms with Crippen LogP contribution >= 0.6 is 11.3 Å². The molecule has 0 radical (unpaired) electrons. The summed E-state index contributed by atoms with van der Waals surface area (Å²) in [7, 11) is 0. The Bertz CT molecular complexity index is 1290. The largest absolute Gasteiger partial charge is 0.381 e. The van der Waals surface area contributed by atoms with Crippen molar-refractivity contribution in [3.63, 3.8) is 0 Å². The lowest BCUT2D eigenvalue weighted by Crippen LogP contribution is -1.94. The molecule has 1 saturated heterocycles. The molecule has 0 N–H and O–H groups in total. The minimum absolute atomic E-state index is 1.00. The van der Waals surface area contributed by atoms with Gasteiger partial charge in [0.15, 0.2) is 0 Å². The zero-order valence-corrected chi connectivity index (χ0v) is 19.9. The Balaban J connectivity index is 0.000000429. The Kier molecular flexibility index (Phi) is 7.25. The monoisotopic (exact) mass is 461 g/mol. The lowest BCUT2D eigenvalue weighted by molar-refractivity contribution is 0.198. The fourth-order valence-electron chi connectivity index (χ4n) is 4.32. The highest BCUT2D eigenvalue weighted by Crippen LogP contribution is 2.45. The molecule has 0 atom stereocenters. The molecule has 0 saturated carbocycles. The van der Waals surface area contributed by atoms with Crippen molar-refractivity contribution >= 4 is 11.3 Å². The Morgan fingerprint density at radius 3 is 1.53 bits per heavy atom. The minimum Gasteiger partial charge on any atom is -0.381 e. The van der Waals surface area contributed by atoms with Crippen molar-refractivity contribution in [1.82, 2.24) is 4.98 Å². The molecule has 1 fully saturated rings. The fraction of sp³-hybridized carbons (Fsp3) is 0.129. The van der Waals surface area contributed by atoms with Gasteiger partial charge in [-0.1, -0.05) is 103 Å². The van der Waals surface area contributed by atoms with Crippen LogP contribution in [0.3, 0.4) is 0 Å². The van der Waals surface area contributed by atoms with E-state index >= 15 is 0 Å². The molecule has 5 aromatic rings. The molecule has 0 unspecified atom stereocenters. The SMILES string of the molecule is C1CCOC1.c1ccc(-c2ccc(-c3nccs3)c(-c3ccccc3)c2-c2ccccc2)cc1. The van der Waals surface area contributed by atoms with Crippen LogP contribution in [0.15, 0.2) is 115 Å². The average molecular weight is 462 g/mol. The number of aromatic nitrogens is 1. The molecule has 1 aromatic heterocycles. The summed E-state index contributed by atoms with van der Waals surface area (Å²) in [5, 5.41) is 3.08. The first kappa shape index (κ1) is 22.3. The molecule has 4 aromatic carbocycles. The highest BCUT2D eigenvalue weighted by Gasteiger charge is 2.19. The number of ether oxygens (including phenoxy) is 1. The predicted octanol–water partition coefficient (Wildman–Crippen LogP) is 8.61. The van der Waals surface area contributed by atoms with Gasteiger partial charge in [-0.3, -0.25) is 0 Å². The smallest absolute Gasteiger partial charge is 0.123 e. The number of hydrogen-bond acceptors (Lipinski definition) is 3. The lowest BCUT2D eigenvalue weighted by atomic mass is 9.85. The van der Waals surface area contributed by atoms with Crippen LogP contribution in [-0.4, -0.2) is 18.2 Å². The topological polar surface area (TPSA) is 22.1 Å². The molecule has 34 heavy (non-hydrogen) atoms. The normalized spacial score (nSPS) is 12.7. The van der Waals surface area contributed by atoms with E-state index in [1.54, 1.807) is 11.3 Å². The predicted molar refractivity (Wildman–Crippen MR) is 144 cm³/mol. The van der Waals surface area contributed by atoms with Crippen molar-refractivity contribution in [1.29, 1.82) is 0 Å². The van der Waals surface area contributed by atoms with E-state index < -0.39 is 0 Å². The van der Waals surface area contributed by atoms with Gasteiger partial charge in [0.2, 0.25) is 0 Å². The zero-order chi connectivity index (χ0) is 23.0. The van der Waals surface area contributed by atoms with Gasteiger partial charge in [-0.15, -0.1) is 11.3 Å². The highest BCUT2D eigenvalue weighted by molar-refractivity contribution is 7.13. The third kappa shape index (κ3) is 5.01. The van der Waals surface area contributed by atoms with Gasteiger partial charge in [-0.2, -0.15) is 0 Å². The number of thiazole rings is 1. The van der Waals surface area contributed by atoms with E-state index in [0.29, 0.717) is 0 Å². The first-order valence-electron chi connectivity index (χ1n) is 11.7. The van der Waals surface area contributed by atoms with Gasteiger partial charge in [-0.05, 0) is 40.7 Å². The second kappa shape index (κ2) is 11.1. The molecule has 0 spiro atoms. The first-order valence-corrected chi connectivity index (χ1v) is 12.6. The second-order valence-electron chi connectivity index (χ2n) is 8.17. The molecule has 1 aliphatic heterocycles. The van der Waals surface area contributed by atoms with Crippen LogP contribution in [-0.2, 0) is 4.74 Å². The molecule has 6 rings (SSSR count). The highest BCUT2D eigenvalue weighted by atomic mass is 32.1. The van der Waals surface area contributed by atoms with Gasteiger partial charge >= 0.3 is 0 Å². The van der Waals surface area contributed by atoms with Gasteiger partial charge in [-0.25, -0.2) is 4.98 Å². The maximum Gasteiger partial charge on any atom is 0.123 e. The Hall–Kier alpha value is -3.53. The fourth-order valence-corrected chi connectivity index (χ4v) is 4.98. The summed E-state index contributed by atoms with van der Waals surface area (Å²) in [6, 6.07) is 36.4. The van der Waals surface area contributed by atoms with Gasteiger partial charge in [0.1, 0.15) is 5.01 Å². The molecular weight excluding hydrogens is 434 g/mol. The number of benzene rings is 4. The summed E-state index contributed by atoms with van der Waals surface area (Å²) >= 11 is 1.68. The number of nitrogens with zero attached hydrogens (tertiary/aromatic N) is 1. The van der Waals surface area contributed by atoms with Crippen molar-refractivity contribution < 1.29 is 4.74 Å². The number of hydrogen-bond donors (Lipinski definition) is 0. The van der Waals surface area contributed by atoms with Gasteiger partial charge in [0.05, 0.1) is 0 Å². The second-order valence-corrected chi connectivity index (χ2v) is 9.06. The molecule has 0 bridgehead atoms. The van der Waals surface area contributed by atoms with Crippen molar-refractivity contribution in [3.8, 4) is 44.0 Å². The van der Waals surface area contributed by atoms with Crippen LogP contribution in [0.5, 0.6) is 0 Å². The third-order valence-corrected chi connectivity index (χ3v) is 6.71. The zero-order valence-electron chi connectivity index (χ0n) is 19.1. The molecular formula is C31H27NOS. The Morgan fingerprint density at radius 2 is 1.06 bits per heavy atom. The summed E-state index contributed by atoms with van der Waals surface area (Å²) in [6.07, 6.45) is 4.43. The maximum atomic E-state index is 4.94. The third-order valence-electron chi connectivity index (χ3n) is 5.91. The summed E-state index contributed by atoms with van der Waals surface area (Å²) in [5.41, 5.74) is 8.51. The van der Waals surface area contributed by atoms with Gasteiger partial charge in [0, 0.05) is 35.9 Å². The van der Waals surface area contributed by atoms with Crippen LogP contribution in [0.4, 0.5) is 0 Å². The van der Waals surface area contributed by atoms with Crippen molar-refractivity contribution in [2.24, 2.45) is 0 Å². The Morgan fingerprint density at radius 1 is 0.559 bits per heavy atom. The van der Waals surface area contributed by atoms with Crippen LogP contribution < -0.4 is 0 Å². The van der Waals surface area contributed by atoms with E-state index in [9.17, 15) is 0 Å². The standard InChI is InChI=1S/C27H19NS.C4H8O/c1-4-10-20(11-5-1)23-16-17-24(27-28-18-19-29-27)26(22-14-8-3-9-15-22)25(23)21-12-6-2-7-13-21;1-2-4-5-3-1/h1-19H;1-4H2. The average Bonchev–Trinajstić information content (AvgIpc) is 3.67. The van der Waals surface area contributed by atoms with Crippen LogP contribution in [0, 0.1) is 0 Å². The Labute approximate surface area is 205 Å². The lowest BCUT2D eigenvalue weighted by Gasteiger charge is -2.19. The van der Waals surface area contributed by atoms with Crippen LogP contribution in [0.2, 0.25) is 0 Å². The molecule has 2 heterocycles. The van der Waals surface area contributed by atoms with E-state index in [1.807, 2.05) is 11.6 Å². The molecule has 1 aliphatic rings. The summed E-state index contributed by atoms with van der Waals surface area (Å²) in [6.45, 7) is 2.00. The van der Waals surface area contributed by atoms with E-state index in [2.05, 4.69) is 108 Å². The molecule has 0 amide bonds. The molecule has 0 aliphatic carbocycles. The number of rotatable bonds is 4. The van der Waals surface area contributed by atoms with Crippen LogP contribution in [0.25, 0.3) is 44.0 Å². The van der Waals surface area contributed by atoms with Crippen molar-refractivity contribution in [2.45, 2.75) is 12.8 Å². The molecule has 2 nitrogen and oxygen atoms in total. The maximum absolute atomic E-state index is 4.94. The first-order chi connectivity index (χ1) is 16.9. The minimum atomic E-state index is 1.00. The summed E-state index contributed by atoms with van der Waals surface area (Å²) in [4.78, 5) is 4.63. The molecule has 168 valence electrons. The van der Waals surface area contributed by atoms with E-state index in [-0.39, 0.29) is 0 Å². The van der Waals surface area contributed by atoms with Crippen molar-refractivity contribution in [3.05, 3.63) is 115 Å². The van der Waals surface area contributed by atoms with E-state index in [4.69, 9.17) is 4.74 Å². The van der Waals surface area contributed by atoms with E-state index in [1.165, 1.54) is 51.8 Å².